The van der Waals surface area contributed by atoms with Crippen LogP contribution in [0.4, 0.5) is 0 Å². The lowest BCUT2D eigenvalue weighted by atomic mass is 9.99. The summed E-state index contributed by atoms with van der Waals surface area (Å²) in [6, 6.07) is 16.9. The highest BCUT2D eigenvalue weighted by molar-refractivity contribution is 6.30. The smallest absolute Gasteiger partial charge is 0.244 e. The third kappa shape index (κ3) is 5.28. The molecular weight excluding hydrogens is 466 g/mol. The number of amides is 1. The molecule has 0 unspecified atom stereocenters. The molecule has 6 nitrogen and oxygen atoms in total. The summed E-state index contributed by atoms with van der Waals surface area (Å²) >= 11 is 5.92. The van der Waals surface area contributed by atoms with Gasteiger partial charge in [-0.05, 0) is 54.0 Å². The minimum atomic E-state index is -0.202. The van der Waals surface area contributed by atoms with Crippen LogP contribution >= 0.6 is 11.6 Å². The summed E-state index contributed by atoms with van der Waals surface area (Å²) in [6.45, 7) is 2.28. The molecule has 0 atom stereocenters. The van der Waals surface area contributed by atoms with E-state index in [0.29, 0.717) is 34.4 Å². The van der Waals surface area contributed by atoms with Gasteiger partial charge in [-0.3, -0.25) is 4.79 Å². The van der Waals surface area contributed by atoms with Crippen LogP contribution in [0.2, 0.25) is 5.02 Å². The van der Waals surface area contributed by atoms with Gasteiger partial charge in [-0.15, -0.1) is 0 Å². The highest BCUT2D eigenvalue weighted by Crippen LogP contribution is 2.39. The van der Waals surface area contributed by atoms with Crippen LogP contribution in [0.25, 0.3) is 27.7 Å². The molecule has 1 heterocycles. The van der Waals surface area contributed by atoms with Crippen molar-refractivity contribution in [2.75, 3.05) is 21.3 Å². The SMILES string of the molecule is COc1ccc(-c2coc3cc(OC)c(/C(C)=C/C(=O)NCc4ccc(Cl)cc4)cc23)cc1OC. The number of fused-ring (bicyclic) bond motifs is 1. The molecule has 7 heteroatoms. The summed E-state index contributed by atoms with van der Waals surface area (Å²) in [4.78, 5) is 12.6. The molecule has 4 aromatic rings. The van der Waals surface area contributed by atoms with Gasteiger partial charge < -0.3 is 23.9 Å². The van der Waals surface area contributed by atoms with E-state index in [1.54, 1.807) is 45.8 Å². The van der Waals surface area contributed by atoms with Gasteiger partial charge in [-0.1, -0.05) is 29.8 Å². The average Bonchev–Trinajstić information content (AvgIpc) is 3.30. The van der Waals surface area contributed by atoms with Crippen molar-refractivity contribution < 1.29 is 23.4 Å². The number of ether oxygens (including phenoxy) is 3. The van der Waals surface area contributed by atoms with Gasteiger partial charge in [-0.2, -0.15) is 0 Å². The first-order chi connectivity index (χ1) is 16.9. The molecule has 0 saturated carbocycles. The Hall–Kier alpha value is -3.90. The number of allylic oxidation sites excluding steroid dienone is 1. The maximum absolute atomic E-state index is 12.6. The summed E-state index contributed by atoms with van der Waals surface area (Å²) < 4.78 is 22.2. The Kier molecular flexibility index (Phi) is 7.32. The minimum absolute atomic E-state index is 0.202. The van der Waals surface area contributed by atoms with Crippen molar-refractivity contribution in [3.63, 3.8) is 0 Å². The highest BCUT2D eigenvalue weighted by atomic mass is 35.5. The molecule has 0 aliphatic heterocycles. The fourth-order valence-electron chi connectivity index (χ4n) is 3.88. The van der Waals surface area contributed by atoms with E-state index >= 15 is 0 Å². The van der Waals surface area contributed by atoms with Crippen LogP contribution < -0.4 is 19.5 Å². The van der Waals surface area contributed by atoms with Crippen LogP contribution in [0.3, 0.4) is 0 Å². The normalized spacial score (nSPS) is 11.4. The van der Waals surface area contributed by atoms with Crippen molar-refractivity contribution in [1.29, 1.82) is 0 Å². The number of nitrogens with one attached hydrogen (secondary N) is 1. The zero-order valence-corrected chi connectivity index (χ0v) is 20.7. The monoisotopic (exact) mass is 491 g/mol. The first-order valence-corrected chi connectivity index (χ1v) is 11.3. The summed E-state index contributed by atoms with van der Waals surface area (Å²) in [6.07, 6.45) is 3.27. The Bertz CT molecular complexity index is 1390. The quantitative estimate of drug-likeness (QED) is 0.285. The second-order valence-corrected chi connectivity index (χ2v) is 8.38. The standard InChI is InChI=1S/C28H26ClNO5/c1-17(11-28(31)30-15-18-5-8-20(29)9-6-18)21-13-22-23(16-35-26(22)14-25(21)33-3)19-7-10-24(32-2)27(12-19)34-4/h5-14,16H,15H2,1-4H3,(H,30,31)/b17-11+. The third-order valence-electron chi connectivity index (χ3n) is 5.74. The molecule has 35 heavy (non-hydrogen) atoms. The van der Waals surface area contributed by atoms with Gasteiger partial charge in [-0.25, -0.2) is 0 Å². The van der Waals surface area contributed by atoms with Crippen molar-refractivity contribution in [2.45, 2.75) is 13.5 Å². The summed E-state index contributed by atoms with van der Waals surface area (Å²) in [5, 5.41) is 4.45. The van der Waals surface area contributed by atoms with E-state index < -0.39 is 0 Å². The van der Waals surface area contributed by atoms with Crippen molar-refractivity contribution in [2.24, 2.45) is 0 Å². The Balaban J connectivity index is 1.65. The van der Waals surface area contributed by atoms with E-state index in [1.807, 2.05) is 49.4 Å². The van der Waals surface area contributed by atoms with E-state index in [4.69, 9.17) is 30.2 Å². The molecule has 0 spiro atoms. The molecule has 180 valence electrons. The Morgan fingerprint density at radius 1 is 0.943 bits per heavy atom. The molecule has 4 rings (SSSR count). The van der Waals surface area contributed by atoms with Crippen LogP contribution in [0.1, 0.15) is 18.1 Å². The Labute approximate surface area is 209 Å². The molecule has 0 saturated heterocycles. The minimum Gasteiger partial charge on any atom is -0.496 e. The van der Waals surface area contributed by atoms with Crippen LogP contribution in [-0.2, 0) is 11.3 Å². The molecule has 0 fully saturated rings. The number of hydrogen-bond donors (Lipinski definition) is 1. The van der Waals surface area contributed by atoms with Crippen LogP contribution in [-0.4, -0.2) is 27.2 Å². The Morgan fingerprint density at radius 3 is 2.34 bits per heavy atom. The maximum atomic E-state index is 12.6. The van der Waals surface area contributed by atoms with E-state index in [9.17, 15) is 4.79 Å². The number of carbonyl (C=O) groups excluding carboxylic acids is 1. The fourth-order valence-corrected chi connectivity index (χ4v) is 4.00. The lowest BCUT2D eigenvalue weighted by molar-refractivity contribution is -0.116. The molecule has 0 radical (unpaired) electrons. The van der Waals surface area contributed by atoms with Gasteiger partial charge in [0.05, 0.1) is 27.6 Å². The first kappa shape index (κ1) is 24.2. The van der Waals surface area contributed by atoms with E-state index in [-0.39, 0.29) is 5.91 Å². The van der Waals surface area contributed by atoms with Crippen molar-refractivity contribution in [3.05, 3.63) is 83.1 Å². The topological polar surface area (TPSA) is 69.9 Å². The number of hydrogen-bond acceptors (Lipinski definition) is 5. The number of carbonyl (C=O) groups is 1. The predicted molar refractivity (Wildman–Crippen MR) is 138 cm³/mol. The summed E-state index contributed by atoms with van der Waals surface area (Å²) in [7, 11) is 4.80. The zero-order valence-electron chi connectivity index (χ0n) is 20.0. The highest BCUT2D eigenvalue weighted by Gasteiger charge is 2.16. The van der Waals surface area contributed by atoms with Gasteiger partial charge in [0.1, 0.15) is 11.3 Å². The summed E-state index contributed by atoms with van der Waals surface area (Å²) in [5.41, 5.74) is 5.01. The van der Waals surface area contributed by atoms with Crippen LogP contribution in [0.5, 0.6) is 17.2 Å². The largest absolute Gasteiger partial charge is 0.496 e. The molecule has 0 aliphatic rings. The summed E-state index contributed by atoms with van der Waals surface area (Å²) in [5.74, 6) is 1.69. The number of furan rings is 1. The second kappa shape index (κ2) is 10.6. The second-order valence-electron chi connectivity index (χ2n) is 7.94. The number of halogens is 1. The van der Waals surface area contributed by atoms with Gasteiger partial charge in [0.2, 0.25) is 5.91 Å². The van der Waals surface area contributed by atoms with Crippen molar-refractivity contribution >= 4 is 34.1 Å². The lowest BCUT2D eigenvalue weighted by Crippen LogP contribution is -2.20. The molecular formula is C28H26ClNO5. The number of rotatable bonds is 8. The van der Waals surface area contributed by atoms with Crippen molar-refractivity contribution in [3.8, 4) is 28.4 Å². The number of benzene rings is 3. The van der Waals surface area contributed by atoms with Gasteiger partial charge in [0.15, 0.2) is 11.5 Å². The molecule has 1 N–H and O–H groups in total. The van der Waals surface area contributed by atoms with Gasteiger partial charge in [0.25, 0.3) is 0 Å². The molecule has 0 bridgehead atoms. The third-order valence-corrected chi connectivity index (χ3v) is 5.99. The number of methoxy groups -OCH3 is 3. The van der Waals surface area contributed by atoms with Gasteiger partial charge in [0, 0.05) is 40.2 Å². The van der Waals surface area contributed by atoms with Crippen molar-refractivity contribution in [1.82, 2.24) is 5.32 Å². The van der Waals surface area contributed by atoms with E-state index in [1.165, 1.54) is 0 Å². The predicted octanol–water partition coefficient (Wildman–Crippen LogP) is 6.50. The lowest BCUT2D eigenvalue weighted by Gasteiger charge is -2.11. The first-order valence-electron chi connectivity index (χ1n) is 11.0. The molecule has 1 aromatic heterocycles. The van der Waals surface area contributed by atoms with Crippen LogP contribution in [0, 0.1) is 0 Å². The van der Waals surface area contributed by atoms with Crippen LogP contribution in [0.15, 0.2) is 71.4 Å². The molecule has 3 aromatic carbocycles. The molecule has 0 aliphatic carbocycles. The maximum Gasteiger partial charge on any atom is 0.244 e. The zero-order chi connectivity index (χ0) is 24.9. The fraction of sp³-hybridized carbons (Fsp3) is 0.179. The molecule has 1 amide bonds. The average molecular weight is 492 g/mol. The Morgan fingerprint density at radius 2 is 1.66 bits per heavy atom. The van der Waals surface area contributed by atoms with E-state index in [2.05, 4.69) is 5.32 Å². The van der Waals surface area contributed by atoms with E-state index in [0.717, 1.165) is 33.2 Å². The van der Waals surface area contributed by atoms with Gasteiger partial charge >= 0.3 is 0 Å².